The van der Waals surface area contributed by atoms with Gasteiger partial charge in [-0.3, -0.25) is 13.3 Å². The molecule has 0 aliphatic heterocycles. The van der Waals surface area contributed by atoms with Crippen molar-refractivity contribution in [2.24, 2.45) is 0 Å². The topological polar surface area (TPSA) is 201 Å². The third-order valence-corrected chi connectivity index (χ3v) is 8.55. The number of imidazole rings is 3. The number of fused-ring (bicyclic) bond motifs is 12. The first kappa shape index (κ1) is 23.1. The summed E-state index contributed by atoms with van der Waals surface area (Å²) in [7, 11) is -9.11. The van der Waals surface area contributed by atoms with Crippen molar-refractivity contribution in [2.75, 3.05) is 0 Å². The van der Waals surface area contributed by atoms with Crippen LogP contribution in [0.15, 0.2) is 69.3 Å². The first-order chi connectivity index (χ1) is 17.9. The number of hydrogen-bond acceptors (Lipinski definition) is 9. The molecule has 0 bridgehead atoms. The van der Waals surface area contributed by atoms with Gasteiger partial charge in [-0.05, 0) is 65.7 Å². The van der Waals surface area contributed by atoms with E-state index >= 15 is 0 Å². The third-order valence-electron chi connectivity index (χ3n) is 6.21. The largest absolute Gasteiger partial charge is 0.768 e. The van der Waals surface area contributed by atoms with Gasteiger partial charge < -0.3 is 4.55 Å². The number of hydrogen-bond donors (Lipinski definition) is 2. The van der Waals surface area contributed by atoms with Crippen molar-refractivity contribution in [3.8, 4) is 0 Å². The van der Waals surface area contributed by atoms with E-state index in [1.54, 1.807) is 8.80 Å². The lowest BCUT2D eigenvalue weighted by atomic mass is 10.3. The van der Waals surface area contributed by atoms with Crippen LogP contribution in [-0.2, 0) is 31.3 Å². The van der Waals surface area contributed by atoms with Gasteiger partial charge in [-0.1, -0.05) is 0 Å². The van der Waals surface area contributed by atoms with Gasteiger partial charge in [0.25, 0.3) is 20.2 Å². The zero-order valence-corrected chi connectivity index (χ0v) is 20.9. The molecule has 0 fully saturated rings. The molecule has 0 aliphatic carbocycles. The maximum absolute atomic E-state index is 11.9. The fourth-order valence-electron chi connectivity index (χ4n) is 4.60. The highest BCUT2D eigenvalue weighted by atomic mass is 32.2. The number of aromatic nitrogens is 6. The molecule has 0 aliphatic rings. The number of nitrogens with zero attached hydrogens (tertiary/aromatic N) is 6. The summed E-state index contributed by atoms with van der Waals surface area (Å²) < 4.78 is 94.3. The Labute approximate surface area is 213 Å². The quantitative estimate of drug-likeness (QED) is 0.231. The third kappa shape index (κ3) is 3.14. The fourth-order valence-corrected chi connectivity index (χ4v) is 5.99. The lowest BCUT2D eigenvalue weighted by Gasteiger charge is -2.07. The number of benzene rings is 3. The van der Waals surface area contributed by atoms with E-state index in [1.165, 1.54) is 59.0 Å². The van der Waals surface area contributed by atoms with Crippen molar-refractivity contribution in [3.63, 3.8) is 0 Å². The highest BCUT2D eigenvalue weighted by Crippen LogP contribution is 2.30. The second-order valence-corrected chi connectivity index (χ2v) is 12.2. The summed E-state index contributed by atoms with van der Waals surface area (Å²) in [6.45, 7) is 0. The Bertz CT molecular complexity index is 2440. The summed E-state index contributed by atoms with van der Waals surface area (Å²) in [5.74, 6) is 0.605. The molecule has 0 spiro atoms. The molecule has 3 aromatic carbocycles. The van der Waals surface area contributed by atoms with E-state index in [-0.39, 0.29) is 38.2 Å². The van der Waals surface area contributed by atoms with Crippen molar-refractivity contribution < 1.29 is 34.7 Å². The summed E-state index contributed by atoms with van der Waals surface area (Å²) in [6, 6.07) is 11.9. The molecule has 0 amide bonds. The van der Waals surface area contributed by atoms with Crippen molar-refractivity contribution in [2.45, 2.75) is 14.7 Å². The van der Waals surface area contributed by atoms with Crippen molar-refractivity contribution >= 4 is 81.7 Å². The second kappa shape index (κ2) is 7.31. The Hall–Kier alpha value is -4.00. The SMILES string of the molecule is O=S([O-])c1ccc2nc3n4c5ccc(S(=O)(=O)O)cc5nc4n4c5cc(S(=O)(=O)O)ccc5nc4n3c2c1. The predicted molar refractivity (Wildman–Crippen MR) is 132 cm³/mol. The Morgan fingerprint density at radius 1 is 0.632 bits per heavy atom. The van der Waals surface area contributed by atoms with Crippen LogP contribution in [-0.4, -0.2) is 62.9 Å². The molecule has 4 heterocycles. The Morgan fingerprint density at radius 2 is 1.11 bits per heavy atom. The minimum Gasteiger partial charge on any atom is -0.768 e. The average molecular weight is 572 g/mol. The zero-order chi connectivity index (χ0) is 26.7. The fraction of sp³-hybridized carbons (Fsp3) is 0. The van der Waals surface area contributed by atoms with Gasteiger partial charge in [0, 0.05) is 4.90 Å². The lowest BCUT2D eigenvalue weighted by Crippen LogP contribution is -2.04. The molecule has 38 heavy (non-hydrogen) atoms. The molecule has 1 atom stereocenters. The van der Waals surface area contributed by atoms with Crippen LogP contribution >= 0.6 is 0 Å². The molecule has 0 radical (unpaired) electrons. The van der Waals surface area contributed by atoms with Gasteiger partial charge in [0.05, 0.1) is 42.9 Å². The molecule has 1 unspecified atom stereocenters. The summed E-state index contributed by atoms with van der Waals surface area (Å²) in [4.78, 5) is 13.0. The van der Waals surface area contributed by atoms with Gasteiger partial charge in [0.15, 0.2) is 0 Å². The Morgan fingerprint density at radius 3 is 1.68 bits per heavy atom. The van der Waals surface area contributed by atoms with Crippen LogP contribution in [0.2, 0.25) is 0 Å². The molecular formula is C21H11N6O8S3-. The van der Waals surface area contributed by atoms with E-state index in [9.17, 15) is 34.7 Å². The molecule has 0 saturated heterocycles. The van der Waals surface area contributed by atoms with Crippen molar-refractivity contribution in [3.05, 3.63) is 54.6 Å². The number of rotatable bonds is 3. The molecule has 0 saturated carbocycles. The molecule has 14 nitrogen and oxygen atoms in total. The van der Waals surface area contributed by atoms with Gasteiger partial charge in [-0.2, -0.15) is 16.8 Å². The normalized spacial score (nSPS) is 14.1. The zero-order valence-electron chi connectivity index (χ0n) is 18.4. The monoisotopic (exact) mass is 571 g/mol. The van der Waals surface area contributed by atoms with Crippen LogP contribution in [0.25, 0.3) is 50.4 Å². The summed E-state index contributed by atoms with van der Waals surface area (Å²) in [5.41, 5.74) is 1.89. The standard InChI is InChI=1S/C21H12N6O8S3/c28-36(29)10-1-4-13-17(7-10)26-19(22-13)25-16-6-3-11(37(30,31)32)8-15(16)24-21(25)27-18-9-12(38(33,34)35)2-5-14(18)23-20(26)27/h1-9H,(H,28,29)(H,30,31,32)(H,33,34,35)/p-1. The molecule has 17 heteroatoms. The first-order valence-electron chi connectivity index (χ1n) is 10.5. The van der Waals surface area contributed by atoms with Crippen molar-refractivity contribution in [1.82, 2.24) is 28.2 Å². The Balaban J connectivity index is 1.78. The first-order valence-corrected chi connectivity index (χ1v) is 14.5. The van der Waals surface area contributed by atoms with Gasteiger partial charge in [-0.25, -0.2) is 28.2 Å². The van der Waals surface area contributed by atoms with Gasteiger partial charge >= 0.3 is 0 Å². The van der Waals surface area contributed by atoms with Crippen LogP contribution in [0.4, 0.5) is 0 Å². The lowest BCUT2D eigenvalue weighted by molar-refractivity contribution is 0.481. The maximum Gasteiger partial charge on any atom is 0.294 e. The molecule has 2 N–H and O–H groups in total. The molecular weight excluding hydrogens is 560 g/mol. The van der Waals surface area contributed by atoms with Crippen LogP contribution < -0.4 is 0 Å². The van der Waals surface area contributed by atoms with Crippen LogP contribution in [0.3, 0.4) is 0 Å². The van der Waals surface area contributed by atoms with Crippen molar-refractivity contribution in [1.29, 1.82) is 0 Å². The predicted octanol–water partition coefficient (Wildman–Crippen LogP) is 1.82. The summed E-state index contributed by atoms with van der Waals surface area (Å²) in [6.07, 6.45) is 0. The van der Waals surface area contributed by atoms with Crippen LogP contribution in [0.5, 0.6) is 0 Å². The smallest absolute Gasteiger partial charge is 0.294 e. The minimum atomic E-state index is -4.57. The maximum atomic E-state index is 11.9. The van der Waals surface area contributed by atoms with Crippen LogP contribution in [0, 0.1) is 0 Å². The van der Waals surface area contributed by atoms with Gasteiger partial charge in [-0.15, -0.1) is 0 Å². The van der Waals surface area contributed by atoms with E-state index in [0.29, 0.717) is 22.1 Å². The minimum absolute atomic E-state index is 0.00407. The molecule has 7 rings (SSSR count). The summed E-state index contributed by atoms with van der Waals surface area (Å²) in [5, 5.41) is 0. The highest BCUT2D eigenvalue weighted by Gasteiger charge is 2.23. The van der Waals surface area contributed by atoms with Gasteiger partial charge in [0.1, 0.15) is 0 Å². The molecule has 4 aromatic heterocycles. The van der Waals surface area contributed by atoms with E-state index in [2.05, 4.69) is 15.0 Å². The van der Waals surface area contributed by atoms with E-state index < -0.39 is 36.2 Å². The average Bonchev–Trinajstić information content (AvgIpc) is 3.51. The van der Waals surface area contributed by atoms with E-state index in [4.69, 9.17) is 0 Å². The molecule has 7 aromatic rings. The second-order valence-electron chi connectivity index (χ2n) is 8.38. The summed E-state index contributed by atoms with van der Waals surface area (Å²) >= 11 is -2.54. The Kier molecular flexibility index (Phi) is 4.45. The van der Waals surface area contributed by atoms with E-state index in [0.717, 1.165) is 0 Å². The highest BCUT2D eigenvalue weighted by molar-refractivity contribution is 7.86. The molecule has 192 valence electrons. The van der Waals surface area contributed by atoms with E-state index in [1.807, 2.05) is 0 Å². The van der Waals surface area contributed by atoms with Gasteiger partial charge in [0.2, 0.25) is 17.3 Å². The van der Waals surface area contributed by atoms with Crippen LogP contribution in [0.1, 0.15) is 0 Å².